The minimum absolute atomic E-state index is 0.0376. The van der Waals surface area contributed by atoms with Crippen LogP contribution in [0.5, 0.6) is 0 Å². The summed E-state index contributed by atoms with van der Waals surface area (Å²) >= 11 is 0. The highest BCUT2D eigenvalue weighted by molar-refractivity contribution is 7.89. The number of hydrogen-bond acceptors (Lipinski definition) is 3. The molecule has 4 nitrogen and oxygen atoms in total. The van der Waals surface area contributed by atoms with Crippen LogP contribution in [-0.2, 0) is 16.6 Å². The lowest BCUT2D eigenvalue weighted by atomic mass is 10.2. The lowest BCUT2D eigenvalue weighted by molar-refractivity contribution is 0.349. The SMILES string of the molecule is CCC(CC)N(C)S(=O)(=O)c1cccc(F)c1CN. The number of nitrogens with zero attached hydrogens (tertiary/aromatic N) is 1. The van der Waals surface area contributed by atoms with Crippen molar-refractivity contribution < 1.29 is 12.8 Å². The molecule has 0 fully saturated rings. The van der Waals surface area contributed by atoms with Crippen molar-refractivity contribution in [2.45, 2.75) is 44.2 Å². The van der Waals surface area contributed by atoms with Crippen LogP contribution in [0.15, 0.2) is 23.1 Å². The molecule has 0 amide bonds. The zero-order valence-corrected chi connectivity index (χ0v) is 12.4. The van der Waals surface area contributed by atoms with Crippen LogP contribution < -0.4 is 5.73 Å². The van der Waals surface area contributed by atoms with Crippen LogP contribution in [0, 0.1) is 5.82 Å². The molecular weight excluding hydrogens is 267 g/mol. The highest BCUT2D eigenvalue weighted by Gasteiger charge is 2.28. The van der Waals surface area contributed by atoms with Crippen LogP contribution in [0.1, 0.15) is 32.3 Å². The van der Waals surface area contributed by atoms with Crippen LogP contribution in [-0.4, -0.2) is 25.8 Å². The third-order valence-electron chi connectivity index (χ3n) is 3.39. The smallest absolute Gasteiger partial charge is 0.243 e. The number of hydrogen-bond donors (Lipinski definition) is 1. The van der Waals surface area contributed by atoms with E-state index in [4.69, 9.17) is 5.73 Å². The molecule has 1 rings (SSSR count). The quantitative estimate of drug-likeness (QED) is 0.872. The van der Waals surface area contributed by atoms with E-state index in [0.717, 1.165) is 0 Å². The van der Waals surface area contributed by atoms with Crippen LogP contribution in [0.2, 0.25) is 0 Å². The first-order valence-corrected chi connectivity index (χ1v) is 7.79. The van der Waals surface area contributed by atoms with Crippen molar-refractivity contribution >= 4 is 10.0 Å². The summed E-state index contributed by atoms with van der Waals surface area (Å²) in [7, 11) is -2.19. The molecule has 0 heterocycles. The van der Waals surface area contributed by atoms with Crippen LogP contribution >= 0.6 is 0 Å². The third-order valence-corrected chi connectivity index (χ3v) is 5.39. The van der Waals surface area contributed by atoms with E-state index < -0.39 is 15.8 Å². The predicted molar refractivity (Wildman–Crippen MR) is 73.6 cm³/mol. The number of rotatable bonds is 6. The Labute approximate surface area is 114 Å². The van der Waals surface area contributed by atoms with Gasteiger partial charge in [0.15, 0.2) is 0 Å². The van der Waals surface area contributed by atoms with Gasteiger partial charge in [0, 0.05) is 25.2 Å². The second-order valence-corrected chi connectivity index (χ2v) is 6.38. The maximum Gasteiger partial charge on any atom is 0.243 e. The fraction of sp³-hybridized carbons (Fsp3) is 0.538. The fourth-order valence-electron chi connectivity index (χ4n) is 2.13. The summed E-state index contributed by atoms with van der Waals surface area (Å²) in [6, 6.07) is 3.92. The fourth-order valence-corrected chi connectivity index (χ4v) is 3.88. The highest BCUT2D eigenvalue weighted by Crippen LogP contribution is 2.24. The zero-order chi connectivity index (χ0) is 14.6. The maximum absolute atomic E-state index is 13.6. The van der Waals surface area contributed by atoms with Gasteiger partial charge in [-0.15, -0.1) is 0 Å². The summed E-state index contributed by atoms with van der Waals surface area (Å²) in [5, 5.41) is 0. The molecule has 0 spiro atoms. The largest absolute Gasteiger partial charge is 0.326 e. The molecule has 0 aliphatic heterocycles. The highest BCUT2D eigenvalue weighted by atomic mass is 32.2. The summed E-state index contributed by atoms with van der Waals surface area (Å²) in [6.07, 6.45) is 1.42. The first-order chi connectivity index (χ1) is 8.89. The van der Waals surface area contributed by atoms with Gasteiger partial charge in [-0.05, 0) is 25.0 Å². The van der Waals surface area contributed by atoms with E-state index >= 15 is 0 Å². The van der Waals surface area contributed by atoms with Crippen LogP contribution in [0.25, 0.3) is 0 Å². The van der Waals surface area contributed by atoms with E-state index in [9.17, 15) is 12.8 Å². The van der Waals surface area contributed by atoms with Crippen molar-refractivity contribution in [1.82, 2.24) is 4.31 Å². The van der Waals surface area contributed by atoms with Gasteiger partial charge in [-0.1, -0.05) is 19.9 Å². The van der Waals surface area contributed by atoms with Gasteiger partial charge < -0.3 is 5.73 Å². The van der Waals surface area contributed by atoms with Gasteiger partial charge in [0.05, 0.1) is 4.90 Å². The standard InChI is InChI=1S/C13H21FN2O2S/c1-4-10(5-2)16(3)19(17,18)13-8-6-7-12(14)11(13)9-15/h6-8,10H,4-5,9,15H2,1-3H3. The van der Waals surface area contributed by atoms with E-state index in [1.54, 1.807) is 0 Å². The molecule has 19 heavy (non-hydrogen) atoms. The molecule has 0 unspecified atom stereocenters. The number of nitrogens with two attached hydrogens (primary N) is 1. The Hall–Kier alpha value is -0.980. The van der Waals surface area contributed by atoms with Crippen molar-refractivity contribution in [3.05, 3.63) is 29.6 Å². The molecule has 0 aliphatic carbocycles. The van der Waals surface area contributed by atoms with Crippen molar-refractivity contribution in [1.29, 1.82) is 0 Å². The first-order valence-electron chi connectivity index (χ1n) is 6.35. The summed E-state index contributed by atoms with van der Waals surface area (Å²) in [5.41, 5.74) is 5.51. The summed E-state index contributed by atoms with van der Waals surface area (Å²) in [4.78, 5) is -0.0376. The minimum atomic E-state index is -3.71. The Balaban J connectivity index is 3.31. The lowest BCUT2D eigenvalue weighted by Gasteiger charge is -2.26. The van der Waals surface area contributed by atoms with E-state index in [0.29, 0.717) is 12.8 Å². The van der Waals surface area contributed by atoms with Gasteiger partial charge in [0.2, 0.25) is 10.0 Å². The molecule has 1 aromatic carbocycles. The first kappa shape index (κ1) is 16.1. The molecule has 6 heteroatoms. The molecular formula is C13H21FN2O2S. The molecule has 0 aromatic heterocycles. The second-order valence-electron chi connectivity index (χ2n) is 4.41. The minimum Gasteiger partial charge on any atom is -0.326 e. The zero-order valence-electron chi connectivity index (χ0n) is 11.6. The molecule has 108 valence electrons. The van der Waals surface area contributed by atoms with Gasteiger partial charge in [-0.25, -0.2) is 12.8 Å². The Morgan fingerprint density at radius 2 is 1.89 bits per heavy atom. The summed E-state index contributed by atoms with van der Waals surface area (Å²) in [5.74, 6) is -0.582. The van der Waals surface area contributed by atoms with Gasteiger partial charge >= 0.3 is 0 Å². The average Bonchev–Trinajstić information content (AvgIpc) is 2.39. The van der Waals surface area contributed by atoms with E-state index in [-0.39, 0.29) is 23.0 Å². The summed E-state index contributed by atoms with van der Waals surface area (Å²) in [6.45, 7) is 3.71. The van der Waals surface area contributed by atoms with Crippen molar-refractivity contribution in [2.24, 2.45) is 5.73 Å². The molecule has 0 bridgehead atoms. The monoisotopic (exact) mass is 288 g/mol. The van der Waals surface area contributed by atoms with Crippen molar-refractivity contribution in [3.63, 3.8) is 0 Å². The van der Waals surface area contributed by atoms with Gasteiger partial charge in [-0.3, -0.25) is 0 Å². The van der Waals surface area contributed by atoms with Gasteiger partial charge in [0.25, 0.3) is 0 Å². The Bertz CT molecular complexity index is 527. The van der Waals surface area contributed by atoms with Crippen molar-refractivity contribution in [2.75, 3.05) is 7.05 Å². The molecule has 0 saturated heterocycles. The Morgan fingerprint density at radius 3 is 2.37 bits per heavy atom. The second kappa shape index (κ2) is 6.45. The summed E-state index contributed by atoms with van der Waals surface area (Å²) < 4.78 is 40.0. The molecule has 0 saturated carbocycles. The molecule has 0 radical (unpaired) electrons. The van der Waals surface area contributed by atoms with E-state index in [1.807, 2.05) is 13.8 Å². The third kappa shape index (κ3) is 3.13. The van der Waals surface area contributed by atoms with Gasteiger partial charge in [-0.2, -0.15) is 4.31 Å². The Kier molecular flexibility index (Phi) is 5.46. The molecule has 1 aromatic rings. The normalized spacial score (nSPS) is 12.4. The molecule has 0 atom stereocenters. The topological polar surface area (TPSA) is 63.4 Å². The van der Waals surface area contributed by atoms with Gasteiger partial charge in [0.1, 0.15) is 5.82 Å². The Morgan fingerprint density at radius 1 is 1.32 bits per heavy atom. The van der Waals surface area contributed by atoms with Crippen LogP contribution in [0.3, 0.4) is 0 Å². The van der Waals surface area contributed by atoms with E-state index in [2.05, 4.69) is 0 Å². The average molecular weight is 288 g/mol. The number of benzene rings is 1. The van der Waals surface area contributed by atoms with Crippen molar-refractivity contribution in [3.8, 4) is 0 Å². The molecule has 0 aliphatic rings. The maximum atomic E-state index is 13.6. The van der Waals surface area contributed by atoms with Crippen LogP contribution in [0.4, 0.5) is 4.39 Å². The number of sulfonamides is 1. The van der Waals surface area contributed by atoms with E-state index in [1.165, 1.54) is 29.6 Å². The number of halogens is 1. The lowest BCUT2D eigenvalue weighted by Crippen LogP contribution is -2.37. The predicted octanol–water partition coefficient (Wildman–Crippen LogP) is 2.09. The molecule has 2 N–H and O–H groups in total.